The van der Waals surface area contributed by atoms with Gasteiger partial charge in [0, 0.05) is 39.2 Å². The van der Waals surface area contributed by atoms with Crippen molar-refractivity contribution in [1.29, 1.82) is 0 Å². The normalized spacial score (nSPS) is 23.9. The van der Waals surface area contributed by atoms with Gasteiger partial charge >= 0.3 is 0 Å². The van der Waals surface area contributed by atoms with Crippen LogP contribution in [0, 0.1) is 0 Å². The van der Waals surface area contributed by atoms with E-state index in [1.165, 1.54) is 0 Å². The van der Waals surface area contributed by atoms with Gasteiger partial charge in [-0.3, -0.25) is 4.99 Å². The molecule has 2 aliphatic heterocycles. The largest absolute Gasteiger partial charge is 0.494 e. The first-order valence-electron chi connectivity index (χ1n) is 9.81. The zero-order valence-corrected chi connectivity index (χ0v) is 15.7. The molecule has 0 aliphatic carbocycles. The summed E-state index contributed by atoms with van der Waals surface area (Å²) in [5.41, 5.74) is 0. The van der Waals surface area contributed by atoms with E-state index in [1.54, 1.807) is 0 Å². The van der Waals surface area contributed by atoms with E-state index < -0.39 is 0 Å². The zero-order valence-electron chi connectivity index (χ0n) is 15.7. The molecule has 0 saturated carbocycles. The number of hydrogen-bond donors (Lipinski definition) is 1. The van der Waals surface area contributed by atoms with Gasteiger partial charge in [-0.2, -0.15) is 0 Å². The predicted octanol–water partition coefficient (Wildman–Crippen LogP) is 2.30. The Hall–Kier alpha value is -1.79. The zero-order chi connectivity index (χ0) is 18.0. The average Bonchev–Trinajstić information content (AvgIpc) is 3.23. The van der Waals surface area contributed by atoms with E-state index in [9.17, 15) is 0 Å². The van der Waals surface area contributed by atoms with Crippen LogP contribution in [0.5, 0.6) is 5.75 Å². The van der Waals surface area contributed by atoms with Crippen molar-refractivity contribution >= 4 is 5.96 Å². The highest BCUT2D eigenvalue weighted by Crippen LogP contribution is 2.21. The van der Waals surface area contributed by atoms with Gasteiger partial charge in [0.1, 0.15) is 11.9 Å². The third-order valence-electron chi connectivity index (χ3n) is 4.68. The molecule has 6 heteroatoms. The van der Waals surface area contributed by atoms with Gasteiger partial charge in [0.2, 0.25) is 0 Å². The number of morpholine rings is 1. The molecule has 26 heavy (non-hydrogen) atoms. The smallest absolute Gasteiger partial charge is 0.194 e. The molecule has 2 heterocycles. The molecule has 2 saturated heterocycles. The number of para-hydroxylation sites is 1. The monoisotopic (exact) mass is 361 g/mol. The minimum Gasteiger partial charge on any atom is -0.494 e. The van der Waals surface area contributed by atoms with Crippen LogP contribution < -0.4 is 10.1 Å². The first-order valence-corrected chi connectivity index (χ1v) is 9.81. The van der Waals surface area contributed by atoms with Crippen molar-refractivity contribution in [2.24, 2.45) is 4.99 Å². The highest BCUT2D eigenvalue weighted by molar-refractivity contribution is 5.80. The number of ether oxygens (including phenoxy) is 3. The van der Waals surface area contributed by atoms with Gasteiger partial charge < -0.3 is 24.4 Å². The Balaban J connectivity index is 1.46. The van der Waals surface area contributed by atoms with Gasteiger partial charge in [0.25, 0.3) is 0 Å². The van der Waals surface area contributed by atoms with Crippen molar-refractivity contribution in [2.75, 3.05) is 46.0 Å². The van der Waals surface area contributed by atoms with E-state index in [-0.39, 0.29) is 12.2 Å². The summed E-state index contributed by atoms with van der Waals surface area (Å²) >= 11 is 0. The second kappa shape index (κ2) is 10.4. The molecule has 2 atom stereocenters. The summed E-state index contributed by atoms with van der Waals surface area (Å²) in [4.78, 5) is 7.09. The molecular formula is C20H31N3O3. The van der Waals surface area contributed by atoms with Crippen molar-refractivity contribution in [3.05, 3.63) is 30.3 Å². The standard InChI is InChI=1S/C20H31N3O3/c1-2-21-20(22-11-7-14-24-17-8-4-3-5-9-17)23-12-15-26-19(16-23)18-10-6-13-25-18/h3-5,8-9,18-19H,2,6-7,10-16H2,1H3,(H,21,22). The number of benzene rings is 1. The molecule has 0 radical (unpaired) electrons. The SMILES string of the molecule is CCNC(=NCCCOc1ccccc1)N1CCOC(C2CCCO2)C1. The average molecular weight is 361 g/mol. The maximum Gasteiger partial charge on any atom is 0.194 e. The fourth-order valence-corrected chi connectivity index (χ4v) is 3.37. The Bertz CT molecular complexity index is 546. The number of guanidine groups is 1. The fourth-order valence-electron chi connectivity index (χ4n) is 3.37. The first-order chi connectivity index (χ1) is 12.9. The molecule has 2 unspecified atom stereocenters. The second-order valence-electron chi connectivity index (χ2n) is 6.66. The van der Waals surface area contributed by atoms with E-state index in [0.29, 0.717) is 6.61 Å². The lowest BCUT2D eigenvalue weighted by molar-refractivity contribution is -0.0817. The maximum atomic E-state index is 5.94. The predicted molar refractivity (Wildman–Crippen MR) is 103 cm³/mol. The van der Waals surface area contributed by atoms with Crippen LogP contribution in [0.2, 0.25) is 0 Å². The van der Waals surface area contributed by atoms with Gasteiger partial charge in [-0.15, -0.1) is 0 Å². The topological polar surface area (TPSA) is 55.3 Å². The molecule has 2 aliphatic rings. The summed E-state index contributed by atoms with van der Waals surface area (Å²) in [7, 11) is 0. The first kappa shape index (κ1) is 19.0. The van der Waals surface area contributed by atoms with Crippen molar-refractivity contribution < 1.29 is 14.2 Å². The molecular weight excluding hydrogens is 330 g/mol. The summed E-state index contributed by atoms with van der Waals surface area (Å²) < 4.78 is 17.5. The molecule has 2 fully saturated rings. The van der Waals surface area contributed by atoms with Crippen molar-refractivity contribution in [2.45, 2.75) is 38.4 Å². The molecule has 1 aromatic carbocycles. The lowest BCUT2D eigenvalue weighted by Gasteiger charge is -2.37. The number of nitrogens with one attached hydrogen (secondary N) is 1. The van der Waals surface area contributed by atoms with Crippen LogP contribution in [0.4, 0.5) is 0 Å². The quantitative estimate of drug-likeness (QED) is 0.459. The lowest BCUT2D eigenvalue weighted by atomic mass is 10.1. The van der Waals surface area contributed by atoms with Crippen LogP contribution in [-0.4, -0.2) is 69.1 Å². The van der Waals surface area contributed by atoms with Gasteiger partial charge in [-0.1, -0.05) is 18.2 Å². The van der Waals surface area contributed by atoms with Gasteiger partial charge in [-0.25, -0.2) is 0 Å². The fraction of sp³-hybridized carbons (Fsp3) is 0.650. The van der Waals surface area contributed by atoms with Crippen molar-refractivity contribution in [3.63, 3.8) is 0 Å². The molecule has 3 rings (SSSR count). The van der Waals surface area contributed by atoms with Crippen LogP contribution >= 0.6 is 0 Å². The minimum absolute atomic E-state index is 0.150. The van der Waals surface area contributed by atoms with Gasteiger partial charge in [0.05, 0.1) is 19.3 Å². The Morgan fingerprint density at radius 3 is 2.85 bits per heavy atom. The van der Waals surface area contributed by atoms with E-state index >= 15 is 0 Å². The minimum atomic E-state index is 0.150. The van der Waals surface area contributed by atoms with Crippen LogP contribution in [0.3, 0.4) is 0 Å². The number of nitrogens with zero attached hydrogens (tertiary/aromatic N) is 2. The third-order valence-corrected chi connectivity index (χ3v) is 4.68. The van der Waals surface area contributed by atoms with E-state index in [0.717, 1.165) is 70.4 Å². The summed E-state index contributed by atoms with van der Waals surface area (Å²) in [6.07, 6.45) is 3.52. The number of rotatable bonds is 7. The molecule has 0 amide bonds. The van der Waals surface area contributed by atoms with Crippen molar-refractivity contribution in [1.82, 2.24) is 10.2 Å². The molecule has 144 valence electrons. The third kappa shape index (κ3) is 5.61. The van der Waals surface area contributed by atoms with E-state index in [1.807, 2.05) is 30.3 Å². The van der Waals surface area contributed by atoms with Crippen LogP contribution in [0.1, 0.15) is 26.2 Å². The van der Waals surface area contributed by atoms with Gasteiger partial charge in [0.15, 0.2) is 5.96 Å². The lowest BCUT2D eigenvalue weighted by Crippen LogP contribution is -2.53. The Morgan fingerprint density at radius 1 is 1.23 bits per heavy atom. The molecule has 6 nitrogen and oxygen atoms in total. The summed E-state index contributed by atoms with van der Waals surface area (Å²) in [5, 5.41) is 3.41. The van der Waals surface area contributed by atoms with E-state index in [2.05, 4.69) is 17.1 Å². The Labute approximate surface area is 156 Å². The van der Waals surface area contributed by atoms with Gasteiger partial charge in [-0.05, 0) is 31.9 Å². The van der Waals surface area contributed by atoms with Crippen molar-refractivity contribution in [3.8, 4) is 5.75 Å². The highest BCUT2D eigenvalue weighted by Gasteiger charge is 2.32. The van der Waals surface area contributed by atoms with Crippen LogP contribution in [-0.2, 0) is 9.47 Å². The second-order valence-corrected chi connectivity index (χ2v) is 6.66. The highest BCUT2D eigenvalue weighted by atomic mass is 16.5. The number of aliphatic imine (C=N–C) groups is 1. The van der Waals surface area contributed by atoms with Crippen LogP contribution in [0.25, 0.3) is 0 Å². The molecule has 0 spiro atoms. The van der Waals surface area contributed by atoms with Crippen LogP contribution in [0.15, 0.2) is 35.3 Å². The molecule has 0 aromatic heterocycles. The summed E-state index contributed by atoms with van der Waals surface area (Å²) in [6.45, 7) is 7.69. The molecule has 1 N–H and O–H groups in total. The maximum absolute atomic E-state index is 5.94. The Morgan fingerprint density at radius 2 is 2.08 bits per heavy atom. The number of hydrogen-bond acceptors (Lipinski definition) is 4. The summed E-state index contributed by atoms with van der Waals surface area (Å²) in [5.74, 6) is 1.88. The summed E-state index contributed by atoms with van der Waals surface area (Å²) in [6, 6.07) is 9.92. The molecule has 1 aromatic rings. The Kier molecular flexibility index (Phi) is 7.58. The molecule has 0 bridgehead atoms. The van der Waals surface area contributed by atoms with E-state index in [4.69, 9.17) is 19.2 Å².